The Morgan fingerprint density at radius 1 is 1.03 bits per heavy atom. The van der Waals surface area contributed by atoms with Crippen molar-refractivity contribution in [2.24, 2.45) is 0 Å². The molecule has 0 saturated heterocycles. The van der Waals surface area contributed by atoms with Gasteiger partial charge in [0, 0.05) is 18.7 Å². The van der Waals surface area contributed by atoms with E-state index in [-0.39, 0.29) is 31.0 Å². The van der Waals surface area contributed by atoms with Crippen LogP contribution in [0.1, 0.15) is 51.5 Å². The summed E-state index contributed by atoms with van der Waals surface area (Å²) in [5.74, 6) is 0.100. The summed E-state index contributed by atoms with van der Waals surface area (Å²) >= 11 is 0. The summed E-state index contributed by atoms with van der Waals surface area (Å²) in [6.45, 7) is 3.15. The van der Waals surface area contributed by atoms with Crippen molar-refractivity contribution in [2.75, 3.05) is 29.9 Å². The van der Waals surface area contributed by atoms with Crippen LogP contribution in [0.5, 0.6) is 11.5 Å². The average molecular weight is 544 g/mol. The smallest absolute Gasteiger partial charge is 0.244 e. The van der Waals surface area contributed by atoms with Crippen LogP contribution in [0.3, 0.4) is 0 Å². The molecule has 1 fully saturated rings. The van der Waals surface area contributed by atoms with Crippen molar-refractivity contribution < 1.29 is 27.5 Å². The van der Waals surface area contributed by atoms with Gasteiger partial charge >= 0.3 is 0 Å². The Morgan fingerprint density at radius 3 is 2.45 bits per heavy atom. The number of carbonyl (C=O) groups is 2. The van der Waals surface area contributed by atoms with E-state index in [2.05, 4.69) is 5.32 Å². The molecular weight excluding hydrogens is 506 g/mol. The largest absolute Gasteiger partial charge is 0.454 e. The summed E-state index contributed by atoms with van der Waals surface area (Å²) in [6.07, 6.45) is 5.74. The molecule has 1 aliphatic heterocycles. The standard InChI is InChI=1S/C28H37N3O6S/c1-3-38(34,35)31(24-14-15-25-26(18-24)37-20-36-25)19-27(32)30(17-16-22-10-6-4-7-11-22)21(2)28(33)29-23-12-8-5-9-13-23/h4,6-7,10-11,14-15,18,21,23H,3,5,8-9,12-13,16-17,19-20H2,1-2H3,(H,29,33)/t21-/m1/s1. The summed E-state index contributed by atoms with van der Waals surface area (Å²) in [7, 11) is -3.81. The normalized spacial score (nSPS) is 16.1. The third kappa shape index (κ3) is 6.78. The van der Waals surface area contributed by atoms with Gasteiger partial charge in [0.2, 0.25) is 28.6 Å². The van der Waals surface area contributed by atoms with E-state index in [9.17, 15) is 18.0 Å². The van der Waals surface area contributed by atoms with Crippen LogP contribution >= 0.6 is 0 Å². The van der Waals surface area contributed by atoms with Gasteiger partial charge in [-0.3, -0.25) is 13.9 Å². The molecule has 1 heterocycles. The van der Waals surface area contributed by atoms with Crippen molar-refractivity contribution in [3.8, 4) is 11.5 Å². The predicted molar refractivity (Wildman–Crippen MR) is 146 cm³/mol. The first-order valence-electron chi connectivity index (χ1n) is 13.3. The molecule has 10 heteroatoms. The van der Waals surface area contributed by atoms with E-state index in [0.717, 1.165) is 35.6 Å². The van der Waals surface area contributed by atoms with E-state index in [1.807, 2.05) is 30.3 Å². The number of amides is 2. The van der Waals surface area contributed by atoms with Crippen molar-refractivity contribution in [1.29, 1.82) is 0 Å². The second kappa shape index (κ2) is 12.5. The molecule has 2 aromatic carbocycles. The third-order valence-electron chi connectivity index (χ3n) is 7.23. The Hall–Kier alpha value is -3.27. The molecule has 9 nitrogen and oxygen atoms in total. The van der Waals surface area contributed by atoms with Gasteiger partial charge in [-0.05, 0) is 50.8 Å². The molecule has 1 N–H and O–H groups in total. The highest BCUT2D eigenvalue weighted by molar-refractivity contribution is 7.92. The lowest BCUT2D eigenvalue weighted by atomic mass is 9.95. The first kappa shape index (κ1) is 27.8. The van der Waals surface area contributed by atoms with Crippen molar-refractivity contribution in [1.82, 2.24) is 10.2 Å². The van der Waals surface area contributed by atoms with Crippen LogP contribution in [0.4, 0.5) is 5.69 Å². The van der Waals surface area contributed by atoms with Gasteiger partial charge in [-0.1, -0.05) is 49.6 Å². The third-order valence-corrected chi connectivity index (χ3v) is 8.97. The van der Waals surface area contributed by atoms with Crippen molar-refractivity contribution in [3.63, 3.8) is 0 Å². The lowest BCUT2D eigenvalue weighted by molar-refractivity contribution is -0.139. The Morgan fingerprint density at radius 2 is 1.74 bits per heavy atom. The lowest BCUT2D eigenvalue weighted by Gasteiger charge is -2.33. The maximum absolute atomic E-state index is 13.8. The Balaban J connectivity index is 1.56. The molecule has 2 aromatic rings. The lowest BCUT2D eigenvalue weighted by Crippen LogP contribution is -2.54. The highest BCUT2D eigenvalue weighted by Crippen LogP contribution is 2.36. The van der Waals surface area contributed by atoms with Crippen LogP contribution in [0.15, 0.2) is 48.5 Å². The first-order valence-corrected chi connectivity index (χ1v) is 14.9. The quantitative estimate of drug-likeness (QED) is 0.465. The predicted octanol–water partition coefficient (Wildman–Crippen LogP) is 3.48. The summed E-state index contributed by atoms with van der Waals surface area (Å²) in [5, 5.41) is 3.11. The number of hydrogen-bond donors (Lipinski definition) is 1. The van der Waals surface area contributed by atoms with Gasteiger partial charge in [-0.25, -0.2) is 8.42 Å². The van der Waals surface area contributed by atoms with Gasteiger partial charge in [0.05, 0.1) is 11.4 Å². The Labute approximate surface area is 225 Å². The Kier molecular flexibility index (Phi) is 9.14. The van der Waals surface area contributed by atoms with E-state index in [1.165, 1.54) is 18.2 Å². The van der Waals surface area contributed by atoms with E-state index in [0.29, 0.717) is 23.6 Å². The summed E-state index contributed by atoms with van der Waals surface area (Å²) in [6, 6.07) is 13.9. The number of ether oxygens (including phenoxy) is 2. The molecule has 2 amide bonds. The minimum atomic E-state index is -3.81. The number of nitrogens with one attached hydrogen (secondary N) is 1. The van der Waals surface area contributed by atoms with Gasteiger partial charge in [0.15, 0.2) is 11.5 Å². The van der Waals surface area contributed by atoms with Gasteiger partial charge in [-0.2, -0.15) is 0 Å². The van der Waals surface area contributed by atoms with Gasteiger partial charge in [-0.15, -0.1) is 0 Å². The summed E-state index contributed by atoms with van der Waals surface area (Å²) < 4.78 is 38.1. The van der Waals surface area contributed by atoms with Crippen LogP contribution in [0.2, 0.25) is 0 Å². The number of carbonyl (C=O) groups excluding carboxylic acids is 2. The van der Waals surface area contributed by atoms with Gasteiger partial charge in [0.25, 0.3) is 0 Å². The fraction of sp³-hybridized carbons (Fsp3) is 0.500. The molecule has 1 atom stereocenters. The van der Waals surface area contributed by atoms with E-state index < -0.39 is 28.5 Å². The minimum Gasteiger partial charge on any atom is -0.454 e. The number of nitrogens with zero attached hydrogens (tertiary/aromatic N) is 2. The molecule has 0 unspecified atom stereocenters. The second-order valence-corrected chi connectivity index (χ2v) is 12.0. The molecule has 4 rings (SSSR count). The zero-order chi connectivity index (χ0) is 27.1. The highest BCUT2D eigenvalue weighted by Gasteiger charge is 2.32. The minimum absolute atomic E-state index is 0.0547. The number of benzene rings is 2. The molecule has 0 radical (unpaired) electrons. The van der Waals surface area contributed by atoms with Crippen LogP contribution in [0, 0.1) is 0 Å². The monoisotopic (exact) mass is 543 g/mol. The van der Waals surface area contributed by atoms with Crippen LogP contribution in [-0.4, -0.2) is 62.9 Å². The second-order valence-electron chi connectivity index (χ2n) is 9.79. The van der Waals surface area contributed by atoms with E-state index in [4.69, 9.17) is 9.47 Å². The molecule has 206 valence electrons. The van der Waals surface area contributed by atoms with Gasteiger partial charge < -0.3 is 19.7 Å². The van der Waals surface area contributed by atoms with Crippen molar-refractivity contribution in [3.05, 3.63) is 54.1 Å². The van der Waals surface area contributed by atoms with E-state index in [1.54, 1.807) is 25.1 Å². The zero-order valence-electron chi connectivity index (χ0n) is 22.1. The number of rotatable bonds is 11. The zero-order valence-corrected chi connectivity index (χ0v) is 22.9. The fourth-order valence-corrected chi connectivity index (χ4v) is 5.95. The summed E-state index contributed by atoms with van der Waals surface area (Å²) in [4.78, 5) is 28.5. The number of hydrogen-bond acceptors (Lipinski definition) is 6. The van der Waals surface area contributed by atoms with Crippen molar-refractivity contribution >= 4 is 27.5 Å². The maximum atomic E-state index is 13.8. The Bertz CT molecular complexity index is 1210. The number of sulfonamides is 1. The molecule has 0 aromatic heterocycles. The topological polar surface area (TPSA) is 105 Å². The molecule has 0 spiro atoms. The molecule has 2 aliphatic rings. The van der Waals surface area contributed by atoms with Crippen LogP contribution in [-0.2, 0) is 26.0 Å². The van der Waals surface area contributed by atoms with E-state index >= 15 is 0 Å². The molecule has 1 saturated carbocycles. The SMILES string of the molecule is CCS(=O)(=O)N(CC(=O)N(CCc1ccccc1)[C@H](C)C(=O)NC1CCCCC1)c1ccc2c(c1)OCO2. The van der Waals surface area contributed by atoms with Crippen molar-refractivity contribution in [2.45, 2.75) is 64.5 Å². The first-order chi connectivity index (χ1) is 18.3. The van der Waals surface area contributed by atoms with Crippen LogP contribution < -0.4 is 19.1 Å². The van der Waals surface area contributed by atoms with Gasteiger partial charge in [0.1, 0.15) is 12.6 Å². The molecular formula is C28H37N3O6S. The highest BCUT2D eigenvalue weighted by atomic mass is 32.2. The summed E-state index contributed by atoms with van der Waals surface area (Å²) in [5.41, 5.74) is 1.34. The molecule has 1 aliphatic carbocycles. The average Bonchev–Trinajstić information content (AvgIpc) is 3.41. The number of anilines is 1. The number of fused-ring (bicyclic) bond motifs is 1. The molecule has 0 bridgehead atoms. The fourth-order valence-electron chi connectivity index (χ4n) is 4.90. The molecule has 38 heavy (non-hydrogen) atoms. The van der Waals surface area contributed by atoms with Crippen LogP contribution in [0.25, 0.3) is 0 Å². The maximum Gasteiger partial charge on any atom is 0.244 e.